The molecule has 0 spiro atoms. The third-order valence-electron chi connectivity index (χ3n) is 2.73. The molecule has 1 N–H and O–H groups in total. The number of hydrogen-bond acceptors (Lipinski definition) is 1. The molecule has 2 rings (SSSR count). The smallest absolute Gasteiger partial charge is 0.228 e. The van der Waals surface area contributed by atoms with Crippen LogP contribution in [0.25, 0.3) is 0 Å². The van der Waals surface area contributed by atoms with Crippen molar-refractivity contribution in [1.82, 2.24) is 0 Å². The van der Waals surface area contributed by atoms with E-state index in [-0.39, 0.29) is 24.0 Å². The number of anilines is 1. The van der Waals surface area contributed by atoms with Gasteiger partial charge < -0.3 is 5.32 Å². The summed E-state index contributed by atoms with van der Waals surface area (Å²) in [6.07, 6.45) is 0.121. The van der Waals surface area contributed by atoms with Crippen molar-refractivity contribution in [3.8, 4) is 0 Å². The third kappa shape index (κ3) is 3.61. The fraction of sp³-hybridized carbons (Fsp3) is 0.133. The second kappa shape index (κ2) is 5.61. The molecule has 2 aromatic rings. The Bertz CT molecular complexity index is 594. The van der Waals surface area contributed by atoms with Gasteiger partial charge in [-0.25, -0.2) is 8.78 Å². The predicted molar refractivity (Wildman–Crippen MR) is 69.9 cm³/mol. The van der Waals surface area contributed by atoms with E-state index in [1.165, 1.54) is 18.2 Å². The van der Waals surface area contributed by atoms with Crippen LogP contribution in [0.2, 0.25) is 0 Å². The molecule has 0 aliphatic heterocycles. The van der Waals surface area contributed by atoms with Crippen LogP contribution in [-0.4, -0.2) is 5.91 Å². The number of carbonyl (C=O) groups excluding carboxylic acids is 1. The highest BCUT2D eigenvalue weighted by Crippen LogP contribution is 2.14. The van der Waals surface area contributed by atoms with Crippen molar-refractivity contribution in [3.05, 3.63) is 65.2 Å². The molecule has 4 heteroatoms. The molecular weight excluding hydrogens is 248 g/mol. The van der Waals surface area contributed by atoms with Gasteiger partial charge in [-0.15, -0.1) is 0 Å². The van der Waals surface area contributed by atoms with Crippen LogP contribution in [0.3, 0.4) is 0 Å². The topological polar surface area (TPSA) is 29.1 Å². The lowest BCUT2D eigenvalue weighted by Gasteiger charge is -2.06. The Balaban J connectivity index is 2.01. The molecule has 2 nitrogen and oxygen atoms in total. The molecular formula is C15H13F2NO. The SMILES string of the molecule is Cc1ccc(NC(=O)Cc2ccc(F)cc2)cc1F. The summed E-state index contributed by atoms with van der Waals surface area (Å²) in [5, 5.41) is 2.60. The van der Waals surface area contributed by atoms with Crippen molar-refractivity contribution < 1.29 is 13.6 Å². The zero-order chi connectivity index (χ0) is 13.8. The van der Waals surface area contributed by atoms with Gasteiger partial charge in [-0.05, 0) is 42.3 Å². The van der Waals surface area contributed by atoms with Crippen LogP contribution in [-0.2, 0) is 11.2 Å². The van der Waals surface area contributed by atoms with E-state index in [4.69, 9.17) is 0 Å². The van der Waals surface area contributed by atoms with E-state index >= 15 is 0 Å². The molecule has 0 fully saturated rings. The molecule has 0 aliphatic carbocycles. The molecule has 0 saturated carbocycles. The first kappa shape index (κ1) is 13.2. The van der Waals surface area contributed by atoms with Crippen molar-refractivity contribution >= 4 is 11.6 Å². The summed E-state index contributed by atoms with van der Waals surface area (Å²) >= 11 is 0. The molecule has 0 heterocycles. The van der Waals surface area contributed by atoms with Crippen LogP contribution < -0.4 is 5.32 Å². The van der Waals surface area contributed by atoms with Crippen molar-refractivity contribution in [2.24, 2.45) is 0 Å². The maximum Gasteiger partial charge on any atom is 0.228 e. The van der Waals surface area contributed by atoms with Gasteiger partial charge in [0.25, 0.3) is 0 Å². The quantitative estimate of drug-likeness (QED) is 0.900. The van der Waals surface area contributed by atoms with Crippen molar-refractivity contribution in [1.29, 1.82) is 0 Å². The summed E-state index contributed by atoms with van der Waals surface area (Å²) in [5.74, 6) is -0.973. The predicted octanol–water partition coefficient (Wildman–Crippen LogP) is 3.45. The van der Waals surface area contributed by atoms with Crippen LogP contribution in [0.4, 0.5) is 14.5 Å². The standard InChI is InChI=1S/C15H13F2NO/c1-10-2-7-13(9-14(10)17)18-15(19)8-11-3-5-12(16)6-4-11/h2-7,9H,8H2,1H3,(H,18,19). The fourth-order valence-corrected chi connectivity index (χ4v) is 1.66. The van der Waals surface area contributed by atoms with Gasteiger partial charge >= 0.3 is 0 Å². The van der Waals surface area contributed by atoms with Crippen molar-refractivity contribution in [2.75, 3.05) is 5.32 Å². The van der Waals surface area contributed by atoms with E-state index in [0.717, 1.165) is 0 Å². The van der Waals surface area contributed by atoms with Gasteiger partial charge in [0.1, 0.15) is 11.6 Å². The van der Waals surface area contributed by atoms with Crippen molar-refractivity contribution in [3.63, 3.8) is 0 Å². The Kier molecular flexibility index (Phi) is 3.90. The number of halogens is 2. The molecule has 0 radical (unpaired) electrons. The first-order chi connectivity index (χ1) is 9.04. The average Bonchev–Trinajstić information content (AvgIpc) is 2.37. The molecule has 0 bridgehead atoms. The lowest BCUT2D eigenvalue weighted by Crippen LogP contribution is -2.14. The molecule has 1 amide bonds. The highest BCUT2D eigenvalue weighted by molar-refractivity contribution is 5.92. The molecule has 2 aromatic carbocycles. The highest BCUT2D eigenvalue weighted by atomic mass is 19.1. The summed E-state index contributed by atoms with van der Waals surface area (Å²) in [7, 11) is 0. The zero-order valence-electron chi connectivity index (χ0n) is 10.4. The summed E-state index contributed by atoms with van der Waals surface area (Å²) in [4.78, 5) is 11.7. The Morgan fingerprint density at radius 3 is 2.42 bits per heavy atom. The number of hydrogen-bond donors (Lipinski definition) is 1. The van der Waals surface area contributed by atoms with E-state index < -0.39 is 0 Å². The lowest BCUT2D eigenvalue weighted by atomic mass is 10.1. The van der Waals surface area contributed by atoms with Gasteiger partial charge in [-0.2, -0.15) is 0 Å². The first-order valence-electron chi connectivity index (χ1n) is 5.85. The Labute approximate surface area is 110 Å². The number of nitrogens with one attached hydrogen (secondary N) is 1. The minimum absolute atomic E-state index is 0.121. The zero-order valence-corrected chi connectivity index (χ0v) is 10.4. The minimum atomic E-state index is -0.361. The molecule has 0 aliphatic rings. The summed E-state index contributed by atoms with van der Waals surface area (Å²) < 4.78 is 26.0. The Hall–Kier alpha value is -2.23. The lowest BCUT2D eigenvalue weighted by molar-refractivity contribution is -0.115. The van der Waals surface area contributed by atoms with Gasteiger partial charge in [-0.1, -0.05) is 18.2 Å². The van der Waals surface area contributed by atoms with E-state index in [0.29, 0.717) is 16.8 Å². The molecule has 19 heavy (non-hydrogen) atoms. The van der Waals surface area contributed by atoms with Crippen LogP contribution in [0.15, 0.2) is 42.5 Å². The number of carbonyl (C=O) groups is 1. The maximum absolute atomic E-state index is 13.3. The number of rotatable bonds is 3. The van der Waals surface area contributed by atoms with Crippen LogP contribution in [0.5, 0.6) is 0 Å². The summed E-state index contributed by atoms with van der Waals surface area (Å²) in [6.45, 7) is 1.65. The molecule has 0 atom stereocenters. The summed E-state index contributed by atoms with van der Waals surface area (Å²) in [5.41, 5.74) is 1.64. The van der Waals surface area contributed by atoms with Crippen molar-refractivity contribution in [2.45, 2.75) is 13.3 Å². The second-order valence-electron chi connectivity index (χ2n) is 4.32. The van der Waals surface area contributed by atoms with E-state index in [9.17, 15) is 13.6 Å². The van der Waals surface area contributed by atoms with Crippen LogP contribution >= 0.6 is 0 Å². The van der Waals surface area contributed by atoms with E-state index in [1.807, 2.05) is 0 Å². The summed E-state index contributed by atoms with van der Waals surface area (Å²) in [6, 6.07) is 10.2. The van der Waals surface area contributed by atoms with Crippen LogP contribution in [0.1, 0.15) is 11.1 Å². The van der Waals surface area contributed by atoms with Crippen LogP contribution in [0, 0.1) is 18.6 Å². The Morgan fingerprint density at radius 2 is 1.79 bits per heavy atom. The molecule has 0 unspecified atom stereocenters. The minimum Gasteiger partial charge on any atom is -0.326 e. The number of benzene rings is 2. The maximum atomic E-state index is 13.3. The highest BCUT2D eigenvalue weighted by Gasteiger charge is 2.06. The first-order valence-corrected chi connectivity index (χ1v) is 5.85. The average molecular weight is 261 g/mol. The normalized spacial score (nSPS) is 10.3. The largest absolute Gasteiger partial charge is 0.326 e. The number of aryl methyl sites for hydroxylation is 1. The third-order valence-corrected chi connectivity index (χ3v) is 2.73. The second-order valence-corrected chi connectivity index (χ2v) is 4.32. The van der Waals surface area contributed by atoms with E-state index in [2.05, 4.69) is 5.32 Å². The van der Waals surface area contributed by atoms with E-state index in [1.54, 1.807) is 31.2 Å². The molecule has 0 aromatic heterocycles. The van der Waals surface area contributed by atoms with Gasteiger partial charge in [0.05, 0.1) is 6.42 Å². The molecule has 0 saturated heterocycles. The Morgan fingerprint density at radius 1 is 1.11 bits per heavy atom. The van der Waals surface area contributed by atoms with Gasteiger partial charge in [0.15, 0.2) is 0 Å². The monoisotopic (exact) mass is 261 g/mol. The van der Waals surface area contributed by atoms with Gasteiger partial charge in [0, 0.05) is 5.69 Å². The van der Waals surface area contributed by atoms with Gasteiger partial charge in [0.2, 0.25) is 5.91 Å². The number of amides is 1. The van der Waals surface area contributed by atoms with Gasteiger partial charge in [-0.3, -0.25) is 4.79 Å². The fourth-order valence-electron chi connectivity index (χ4n) is 1.66. The molecule has 98 valence electrons.